The molecule has 1 amide bonds. The van der Waals surface area contributed by atoms with Crippen LogP contribution in [-0.2, 0) is 11.3 Å². The number of carbonyl (C=O) groups is 1. The quantitative estimate of drug-likeness (QED) is 0.910. The van der Waals surface area contributed by atoms with Crippen LogP contribution in [0.25, 0.3) is 0 Å². The Bertz CT molecular complexity index is 394. The van der Waals surface area contributed by atoms with Gasteiger partial charge < -0.3 is 15.0 Å². The summed E-state index contributed by atoms with van der Waals surface area (Å²) in [6.07, 6.45) is -0.228. The third kappa shape index (κ3) is 3.68. The standard InChI is InChI=1S/C12H19N3O2S/c1-12(2,3)17-11(16)15-5-10(6-15)13-4-9-7-18-8-14-9/h7-8,10,13H,4-6H2,1-3H3. The van der Waals surface area contributed by atoms with Gasteiger partial charge in [0.25, 0.3) is 0 Å². The van der Waals surface area contributed by atoms with Crippen molar-refractivity contribution in [2.75, 3.05) is 13.1 Å². The normalized spacial score (nSPS) is 16.5. The average Bonchev–Trinajstić information content (AvgIpc) is 2.64. The molecule has 1 fully saturated rings. The smallest absolute Gasteiger partial charge is 0.410 e. The maximum atomic E-state index is 11.7. The summed E-state index contributed by atoms with van der Waals surface area (Å²) in [6, 6.07) is 0.346. The molecule has 2 rings (SSSR count). The molecule has 0 radical (unpaired) electrons. The number of aromatic nitrogens is 1. The number of rotatable bonds is 3. The monoisotopic (exact) mass is 269 g/mol. The van der Waals surface area contributed by atoms with E-state index < -0.39 is 5.60 Å². The van der Waals surface area contributed by atoms with E-state index >= 15 is 0 Å². The van der Waals surface area contributed by atoms with Crippen molar-refractivity contribution in [1.29, 1.82) is 0 Å². The van der Waals surface area contributed by atoms with Gasteiger partial charge in [0.15, 0.2) is 0 Å². The summed E-state index contributed by atoms with van der Waals surface area (Å²) in [7, 11) is 0. The highest BCUT2D eigenvalue weighted by Crippen LogP contribution is 2.15. The molecule has 0 atom stereocenters. The first-order valence-electron chi connectivity index (χ1n) is 6.02. The van der Waals surface area contributed by atoms with Crippen molar-refractivity contribution in [2.45, 2.75) is 39.0 Å². The largest absolute Gasteiger partial charge is 0.444 e. The predicted molar refractivity (Wildman–Crippen MR) is 70.5 cm³/mol. The lowest BCUT2D eigenvalue weighted by Gasteiger charge is -2.40. The highest BCUT2D eigenvalue weighted by atomic mass is 32.1. The van der Waals surface area contributed by atoms with E-state index in [4.69, 9.17) is 4.74 Å². The Morgan fingerprint density at radius 3 is 2.89 bits per heavy atom. The lowest BCUT2D eigenvalue weighted by atomic mass is 10.1. The molecule has 1 N–H and O–H groups in total. The van der Waals surface area contributed by atoms with E-state index in [2.05, 4.69) is 10.3 Å². The van der Waals surface area contributed by atoms with Crippen molar-refractivity contribution >= 4 is 17.4 Å². The Hall–Kier alpha value is -1.14. The van der Waals surface area contributed by atoms with Crippen LogP contribution in [0.5, 0.6) is 0 Å². The summed E-state index contributed by atoms with van der Waals surface area (Å²) in [4.78, 5) is 17.6. The predicted octanol–water partition coefficient (Wildman–Crippen LogP) is 1.85. The molecule has 0 spiro atoms. The summed E-state index contributed by atoms with van der Waals surface area (Å²) in [6.45, 7) is 7.81. The first-order valence-corrected chi connectivity index (χ1v) is 6.97. The van der Waals surface area contributed by atoms with Crippen LogP contribution < -0.4 is 5.32 Å². The number of amides is 1. The van der Waals surface area contributed by atoms with Crippen LogP contribution >= 0.6 is 11.3 Å². The van der Waals surface area contributed by atoms with E-state index in [0.717, 1.165) is 12.2 Å². The molecule has 0 aromatic carbocycles. The Balaban J connectivity index is 1.66. The zero-order chi connectivity index (χ0) is 13.2. The first kappa shape index (κ1) is 13.3. The minimum atomic E-state index is -0.420. The van der Waals surface area contributed by atoms with Crippen LogP contribution in [0.2, 0.25) is 0 Å². The molecule has 1 saturated heterocycles. The fourth-order valence-corrected chi connectivity index (χ4v) is 2.22. The van der Waals surface area contributed by atoms with E-state index in [0.29, 0.717) is 19.1 Å². The van der Waals surface area contributed by atoms with E-state index in [1.54, 1.807) is 16.2 Å². The molecule has 1 aromatic rings. The number of thiazole rings is 1. The minimum Gasteiger partial charge on any atom is -0.444 e. The van der Waals surface area contributed by atoms with Gasteiger partial charge in [-0.2, -0.15) is 0 Å². The molecule has 0 unspecified atom stereocenters. The van der Waals surface area contributed by atoms with Crippen LogP contribution in [-0.4, -0.2) is 40.7 Å². The topological polar surface area (TPSA) is 54.5 Å². The number of likely N-dealkylation sites (tertiary alicyclic amines) is 1. The molecule has 2 heterocycles. The van der Waals surface area contributed by atoms with E-state index in [9.17, 15) is 4.79 Å². The fourth-order valence-electron chi connectivity index (χ4n) is 1.66. The highest BCUT2D eigenvalue weighted by molar-refractivity contribution is 7.07. The van der Waals surface area contributed by atoms with Gasteiger partial charge in [-0.05, 0) is 20.8 Å². The zero-order valence-electron chi connectivity index (χ0n) is 11.0. The van der Waals surface area contributed by atoms with E-state index in [1.165, 1.54) is 0 Å². The first-order chi connectivity index (χ1) is 8.44. The zero-order valence-corrected chi connectivity index (χ0v) is 11.8. The van der Waals surface area contributed by atoms with Crippen molar-refractivity contribution in [3.8, 4) is 0 Å². The summed E-state index contributed by atoms with van der Waals surface area (Å²) < 4.78 is 5.29. The minimum absolute atomic E-state index is 0.228. The number of nitrogens with zero attached hydrogens (tertiary/aromatic N) is 2. The highest BCUT2D eigenvalue weighted by Gasteiger charge is 2.33. The van der Waals surface area contributed by atoms with Gasteiger partial charge in [0, 0.05) is 31.1 Å². The van der Waals surface area contributed by atoms with Gasteiger partial charge in [0.1, 0.15) is 5.60 Å². The summed E-state index contributed by atoms with van der Waals surface area (Å²) in [5, 5.41) is 5.39. The molecule has 0 aliphatic carbocycles. The van der Waals surface area contributed by atoms with Crippen molar-refractivity contribution < 1.29 is 9.53 Å². The SMILES string of the molecule is CC(C)(C)OC(=O)N1CC(NCc2cscn2)C1. The van der Waals surface area contributed by atoms with Gasteiger partial charge >= 0.3 is 6.09 Å². The average molecular weight is 269 g/mol. The van der Waals surface area contributed by atoms with Gasteiger partial charge in [-0.15, -0.1) is 11.3 Å². The van der Waals surface area contributed by atoms with Crippen LogP contribution in [0.15, 0.2) is 10.9 Å². The third-order valence-electron chi connectivity index (χ3n) is 2.59. The van der Waals surface area contributed by atoms with Crippen molar-refractivity contribution in [3.63, 3.8) is 0 Å². The number of carbonyl (C=O) groups excluding carboxylic acids is 1. The van der Waals surface area contributed by atoms with Gasteiger partial charge in [0.05, 0.1) is 11.2 Å². The number of hydrogen-bond donors (Lipinski definition) is 1. The van der Waals surface area contributed by atoms with Gasteiger partial charge in [-0.3, -0.25) is 0 Å². The second kappa shape index (κ2) is 5.24. The Morgan fingerprint density at radius 2 is 2.33 bits per heavy atom. The summed E-state index contributed by atoms with van der Waals surface area (Å²) >= 11 is 1.59. The third-order valence-corrected chi connectivity index (χ3v) is 3.22. The molecule has 6 heteroatoms. The van der Waals surface area contributed by atoms with E-state index in [1.807, 2.05) is 31.7 Å². The Kier molecular flexibility index (Phi) is 3.87. The van der Waals surface area contributed by atoms with Crippen LogP contribution in [0.3, 0.4) is 0 Å². The molecule has 18 heavy (non-hydrogen) atoms. The maximum absolute atomic E-state index is 11.7. The fraction of sp³-hybridized carbons (Fsp3) is 0.667. The van der Waals surface area contributed by atoms with E-state index in [-0.39, 0.29) is 6.09 Å². The summed E-state index contributed by atoms with van der Waals surface area (Å²) in [5.74, 6) is 0. The maximum Gasteiger partial charge on any atom is 0.410 e. The van der Waals surface area contributed by atoms with Gasteiger partial charge in [0.2, 0.25) is 0 Å². The number of hydrogen-bond acceptors (Lipinski definition) is 5. The lowest BCUT2D eigenvalue weighted by molar-refractivity contribution is 0.00516. The molecular weight excluding hydrogens is 250 g/mol. The molecule has 1 aliphatic heterocycles. The number of ether oxygens (including phenoxy) is 1. The molecular formula is C12H19N3O2S. The Labute approximate surface area is 111 Å². The van der Waals surface area contributed by atoms with Crippen molar-refractivity contribution in [3.05, 3.63) is 16.6 Å². The summed E-state index contributed by atoms with van der Waals surface area (Å²) in [5.41, 5.74) is 2.46. The second-order valence-electron chi connectivity index (χ2n) is 5.44. The molecule has 100 valence electrons. The second-order valence-corrected chi connectivity index (χ2v) is 6.16. The van der Waals surface area contributed by atoms with Crippen LogP contribution in [0, 0.1) is 0 Å². The molecule has 1 aromatic heterocycles. The lowest BCUT2D eigenvalue weighted by Crippen LogP contribution is -2.60. The molecule has 5 nitrogen and oxygen atoms in total. The van der Waals surface area contributed by atoms with Gasteiger partial charge in [-0.25, -0.2) is 9.78 Å². The van der Waals surface area contributed by atoms with Crippen molar-refractivity contribution in [2.24, 2.45) is 0 Å². The molecule has 0 saturated carbocycles. The Morgan fingerprint density at radius 1 is 1.61 bits per heavy atom. The van der Waals surface area contributed by atoms with Gasteiger partial charge in [-0.1, -0.05) is 0 Å². The van der Waals surface area contributed by atoms with Crippen LogP contribution in [0.1, 0.15) is 26.5 Å². The molecule has 0 bridgehead atoms. The van der Waals surface area contributed by atoms with Crippen LogP contribution in [0.4, 0.5) is 4.79 Å². The van der Waals surface area contributed by atoms with Crippen molar-refractivity contribution in [1.82, 2.24) is 15.2 Å². The molecule has 1 aliphatic rings. The number of nitrogens with one attached hydrogen (secondary N) is 1.